The number of aryl methyl sites for hydroxylation is 2. The zero-order valence-corrected chi connectivity index (χ0v) is 15.1. The van der Waals surface area contributed by atoms with Crippen LogP contribution in [-0.2, 0) is 0 Å². The van der Waals surface area contributed by atoms with Gasteiger partial charge in [-0.15, -0.1) is 0 Å². The number of aliphatic hydroxyl groups is 1. The normalized spacial score (nSPS) is 14.6. The second-order valence-corrected chi connectivity index (χ2v) is 6.68. The van der Waals surface area contributed by atoms with Crippen LogP contribution in [0.4, 0.5) is 0 Å². The van der Waals surface area contributed by atoms with Gasteiger partial charge in [0.2, 0.25) is 0 Å². The van der Waals surface area contributed by atoms with Crippen LogP contribution in [0.3, 0.4) is 0 Å². The van der Waals surface area contributed by atoms with Gasteiger partial charge in [-0.2, -0.15) is 0 Å². The van der Waals surface area contributed by atoms with Gasteiger partial charge in [-0.25, -0.2) is 4.98 Å². The molecule has 0 radical (unpaired) electrons. The average Bonchev–Trinajstić information content (AvgIpc) is 3.14. The van der Waals surface area contributed by atoms with Crippen molar-refractivity contribution in [1.82, 2.24) is 14.5 Å². The molecule has 2 aromatic heterocycles. The van der Waals surface area contributed by atoms with Gasteiger partial charge in [0.25, 0.3) is 11.8 Å². The highest BCUT2D eigenvalue weighted by atomic mass is 16.3. The van der Waals surface area contributed by atoms with Crippen LogP contribution in [0.5, 0.6) is 0 Å². The number of imide groups is 1. The van der Waals surface area contributed by atoms with E-state index >= 15 is 0 Å². The minimum Gasteiger partial charge on any atom is -0.386 e. The van der Waals surface area contributed by atoms with E-state index in [0.717, 1.165) is 22.1 Å². The molecule has 6 heteroatoms. The minimum atomic E-state index is -0.999. The summed E-state index contributed by atoms with van der Waals surface area (Å²) in [5.74, 6) is 0.00215. The summed E-state index contributed by atoms with van der Waals surface area (Å²) in [7, 11) is 0. The van der Waals surface area contributed by atoms with E-state index < -0.39 is 6.10 Å². The van der Waals surface area contributed by atoms with Crippen LogP contribution in [0.25, 0.3) is 5.82 Å². The largest absolute Gasteiger partial charge is 0.386 e. The molecule has 0 unspecified atom stereocenters. The fourth-order valence-corrected chi connectivity index (χ4v) is 3.44. The van der Waals surface area contributed by atoms with Crippen molar-refractivity contribution in [2.75, 3.05) is 6.54 Å². The number of carbonyl (C=O) groups is 2. The fraction of sp³-hybridized carbons (Fsp3) is 0.190. The summed E-state index contributed by atoms with van der Waals surface area (Å²) < 4.78 is 2.01. The lowest BCUT2D eigenvalue weighted by Crippen LogP contribution is -2.33. The van der Waals surface area contributed by atoms with Crippen molar-refractivity contribution in [3.8, 4) is 5.82 Å². The average molecular weight is 361 g/mol. The van der Waals surface area contributed by atoms with Crippen LogP contribution in [0.2, 0.25) is 0 Å². The first-order chi connectivity index (χ1) is 13.0. The molecule has 0 saturated heterocycles. The van der Waals surface area contributed by atoms with E-state index in [0.29, 0.717) is 16.7 Å². The number of aromatic nitrogens is 2. The summed E-state index contributed by atoms with van der Waals surface area (Å²) in [4.78, 5) is 30.4. The first kappa shape index (κ1) is 17.2. The Kier molecular flexibility index (Phi) is 4.12. The lowest BCUT2D eigenvalue weighted by molar-refractivity contribution is 0.0543. The number of benzene rings is 1. The van der Waals surface area contributed by atoms with Crippen LogP contribution < -0.4 is 0 Å². The number of hydrogen-bond donors (Lipinski definition) is 1. The summed E-state index contributed by atoms with van der Waals surface area (Å²) in [5, 5.41) is 10.5. The third-order valence-corrected chi connectivity index (χ3v) is 4.89. The van der Waals surface area contributed by atoms with Crippen molar-refractivity contribution in [2.45, 2.75) is 20.0 Å². The zero-order chi connectivity index (χ0) is 19.1. The predicted molar refractivity (Wildman–Crippen MR) is 99.8 cm³/mol. The molecule has 1 N–H and O–H groups in total. The Balaban J connectivity index is 1.54. The van der Waals surface area contributed by atoms with Crippen LogP contribution in [0.15, 0.2) is 54.7 Å². The van der Waals surface area contributed by atoms with E-state index in [-0.39, 0.29) is 18.4 Å². The van der Waals surface area contributed by atoms with Crippen molar-refractivity contribution < 1.29 is 14.7 Å². The molecule has 0 fully saturated rings. The number of aliphatic hydroxyl groups excluding tert-OH is 1. The van der Waals surface area contributed by atoms with Gasteiger partial charge >= 0.3 is 0 Å². The minimum absolute atomic E-state index is 0.102. The quantitative estimate of drug-likeness (QED) is 0.725. The van der Waals surface area contributed by atoms with Crippen molar-refractivity contribution in [1.29, 1.82) is 0 Å². The van der Waals surface area contributed by atoms with Gasteiger partial charge < -0.3 is 9.67 Å². The van der Waals surface area contributed by atoms with Crippen molar-refractivity contribution in [3.05, 3.63) is 82.8 Å². The SMILES string of the molecule is Cc1ccc(C)n1-c1ccc([C@H](O)CN2C(=O)c3ccccc3C2=O)cn1. The number of rotatable bonds is 4. The molecule has 3 aromatic rings. The van der Waals surface area contributed by atoms with Crippen LogP contribution in [-0.4, -0.2) is 37.9 Å². The molecule has 1 aliphatic heterocycles. The molecule has 2 amide bonds. The number of carbonyl (C=O) groups excluding carboxylic acids is 2. The Morgan fingerprint density at radius 1 is 0.926 bits per heavy atom. The number of amides is 2. The molecule has 0 saturated carbocycles. The van der Waals surface area contributed by atoms with Crippen molar-refractivity contribution in [2.24, 2.45) is 0 Å². The lowest BCUT2D eigenvalue weighted by atomic mass is 10.1. The Morgan fingerprint density at radius 2 is 1.52 bits per heavy atom. The van der Waals surface area contributed by atoms with Gasteiger partial charge in [0.05, 0.1) is 23.8 Å². The van der Waals surface area contributed by atoms with Crippen LogP contribution in [0.1, 0.15) is 43.8 Å². The Bertz CT molecular complexity index is 983. The first-order valence-electron chi connectivity index (χ1n) is 8.72. The molecule has 27 heavy (non-hydrogen) atoms. The summed E-state index contributed by atoms with van der Waals surface area (Å²) >= 11 is 0. The first-order valence-corrected chi connectivity index (χ1v) is 8.72. The topological polar surface area (TPSA) is 75.4 Å². The highest BCUT2D eigenvalue weighted by molar-refractivity contribution is 6.21. The van der Waals surface area contributed by atoms with E-state index in [1.807, 2.05) is 36.6 Å². The Morgan fingerprint density at radius 3 is 2.04 bits per heavy atom. The summed E-state index contributed by atoms with van der Waals surface area (Å²) in [6.45, 7) is 3.90. The number of fused-ring (bicyclic) bond motifs is 1. The van der Waals surface area contributed by atoms with Crippen LogP contribution >= 0.6 is 0 Å². The lowest BCUT2D eigenvalue weighted by Gasteiger charge is -2.19. The summed E-state index contributed by atoms with van der Waals surface area (Å²) in [6, 6.07) is 14.3. The maximum Gasteiger partial charge on any atom is 0.261 e. The highest BCUT2D eigenvalue weighted by Gasteiger charge is 2.36. The van der Waals surface area contributed by atoms with E-state index in [2.05, 4.69) is 4.98 Å². The molecule has 136 valence electrons. The van der Waals surface area contributed by atoms with Gasteiger partial charge in [0.1, 0.15) is 5.82 Å². The van der Waals surface area contributed by atoms with E-state index in [4.69, 9.17) is 0 Å². The predicted octanol–water partition coefficient (Wildman–Crippen LogP) is 2.82. The maximum atomic E-state index is 12.4. The molecule has 0 aliphatic carbocycles. The van der Waals surface area contributed by atoms with E-state index in [1.165, 1.54) is 0 Å². The van der Waals surface area contributed by atoms with Gasteiger partial charge in [-0.1, -0.05) is 18.2 Å². The Labute approximate surface area is 156 Å². The monoisotopic (exact) mass is 361 g/mol. The number of pyridine rings is 1. The van der Waals surface area contributed by atoms with Gasteiger partial charge in [0, 0.05) is 23.1 Å². The smallest absolute Gasteiger partial charge is 0.261 e. The zero-order valence-electron chi connectivity index (χ0n) is 15.1. The molecular weight excluding hydrogens is 342 g/mol. The highest BCUT2D eigenvalue weighted by Crippen LogP contribution is 2.25. The third kappa shape index (κ3) is 2.84. The fourth-order valence-electron chi connectivity index (χ4n) is 3.44. The molecular formula is C21H19N3O3. The molecule has 0 spiro atoms. The number of β-amino-alcohol motifs (C(OH)–C–C–N with tert-alkyl or cyclic N) is 1. The van der Waals surface area contributed by atoms with Gasteiger partial charge in [0.15, 0.2) is 0 Å². The van der Waals surface area contributed by atoms with Gasteiger partial charge in [-0.3, -0.25) is 14.5 Å². The summed E-state index contributed by atoms with van der Waals surface area (Å²) in [6.07, 6.45) is 0.581. The molecule has 1 aromatic carbocycles. The van der Waals surface area contributed by atoms with E-state index in [1.54, 1.807) is 36.5 Å². The van der Waals surface area contributed by atoms with Crippen LogP contribution in [0, 0.1) is 13.8 Å². The molecule has 1 atom stereocenters. The number of nitrogens with zero attached hydrogens (tertiary/aromatic N) is 3. The number of hydrogen-bond acceptors (Lipinski definition) is 4. The molecule has 3 heterocycles. The second-order valence-electron chi connectivity index (χ2n) is 6.68. The molecule has 0 bridgehead atoms. The maximum absolute atomic E-state index is 12.4. The van der Waals surface area contributed by atoms with Crippen molar-refractivity contribution in [3.63, 3.8) is 0 Å². The molecule has 1 aliphatic rings. The van der Waals surface area contributed by atoms with Gasteiger partial charge in [-0.05, 0) is 44.2 Å². The Hall–Kier alpha value is -3.25. The molecule has 4 rings (SSSR count). The third-order valence-electron chi connectivity index (χ3n) is 4.89. The van der Waals surface area contributed by atoms with Crippen molar-refractivity contribution >= 4 is 11.8 Å². The second kappa shape index (κ2) is 6.48. The summed E-state index contributed by atoms with van der Waals surface area (Å²) in [5.41, 5.74) is 3.44. The van der Waals surface area contributed by atoms with E-state index in [9.17, 15) is 14.7 Å². The standard InChI is InChI=1S/C21H19N3O3/c1-13-7-8-14(2)24(13)19-10-9-15(11-22-19)18(25)12-23-20(26)16-5-3-4-6-17(16)21(23)27/h3-11,18,25H,12H2,1-2H3/t18-/m1/s1. The molecule has 6 nitrogen and oxygen atoms in total.